The predicted molar refractivity (Wildman–Crippen MR) is 76.5 cm³/mol. The summed E-state index contributed by atoms with van der Waals surface area (Å²) in [6, 6.07) is 13.4. The standard InChI is InChI=1S/C17H14N3.Y/c1-13-6-5-7-15(14-10-18-12-19-11-14)17(13)16-8-3-4-9-20(16)2;/h3-6,8-10,12H,1-2H3;/q-1;. The summed E-state index contributed by atoms with van der Waals surface area (Å²) in [5, 5.41) is 0. The van der Waals surface area contributed by atoms with Crippen LogP contribution in [0.1, 0.15) is 5.56 Å². The topological polar surface area (TPSA) is 29.7 Å². The Morgan fingerprint density at radius 2 is 2.05 bits per heavy atom. The van der Waals surface area contributed by atoms with E-state index in [1.54, 1.807) is 6.20 Å². The summed E-state index contributed by atoms with van der Waals surface area (Å²) in [7, 11) is 2.04. The van der Waals surface area contributed by atoms with Gasteiger partial charge < -0.3 is 9.97 Å². The molecule has 4 heteroatoms. The molecule has 0 amide bonds. The minimum Gasteiger partial charge on any atom is -0.352 e. The maximum Gasteiger partial charge on any atom is 0.168 e. The zero-order valence-corrected chi connectivity index (χ0v) is 14.9. The van der Waals surface area contributed by atoms with Crippen molar-refractivity contribution in [1.82, 2.24) is 9.97 Å². The third kappa shape index (κ3) is 3.25. The maximum atomic E-state index is 4.08. The first-order valence-corrected chi connectivity index (χ1v) is 6.42. The van der Waals surface area contributed by atoms with Gasteiger partial charge in [0.15, 0.2) is 11.9 Å². The molecular formula is C17H14N3Y-. The average Bonchev–Trinajstić information content (AvgIpc) is 2.49. The van der Waals surface area contributed by atoms with Gasteiger partial charge in [-0.3, -0.25) is 0 Å². The Hall–Kier alpha value is -1.45. The zero-order valence-electron chi connectivity index (χ0n) is 12.0. The molecular weight excluding hydrogens is 335 g/mol. The summed E-state index contributed by atoms with van der Waals surface area (Å²) in [5.74, 6) is 0. The van der Waals surface area contributed by atoms with Gasteiger partial charge in [-0.25, -0.2) is 10.1 Å². The van der Waals surface area contributed by atoms with Gasteiger partial charge in [-0.2, -0.15) is 17.7 Å². The van der Waals surface area contributed by atoms with Gasteiger partial charge in [0, 0.05) is 45.1 Å². The molecule has 0 saturated carbocycles. The van der Waals surface area contributed by atoms with Crippen molar-refractivity contribution >= 4 is 0 Å². The second kappa shape index (κ2) is 7.01. The molecule has 3 nitrogen and oxygen atoms in total. The number of rotatable bonds is 2. The van der Waals surface area contributed by atoms with Crippen LogP contribution in [0.2, 0.25) is 0 Å². The number of benzene rings is 1. The molecule has 3 aromatic rings. The van der Waals surface area contributed by atoms with Crippen molar-refractivity contribution in [2.45, 2.75) is 6.92 Å². The molecule has 2 heterocycles. The van der Waals surface area contributed by atoms with E-state index >= 15 is 0 Å². The van der Waals surface area contributed by atoms with E-state index in [2.05, 4.69) is 45.9 Å². The Kier molecular flexibility index (Phi) is 5.32. The molecule has 0 unspecified atom stereocenters. The van der Waals surface area contributed by atoms with Crippen molar-refractivity contribution in [2.24, 2.45) is 7.05 Å². The maximum absolute atomic E-state index is 4.08. The van der Waals surface area contributed by atoms with Crippen LogP contribution in [0.5, 0.6) is 0 Å². The van der Waals surface area contributed by atoms with Crippen molar-refractivity contribution in [3.8, 4) is 22.4 Å². The van der Waals surface area contributed by atoms with Crippen LogP contribution in [0.3, 0.4) is 0 Å². The minimum atomic E-state index is 0. The van der Waals surface area contributed by atoms with Gasteiger partial charge in [0.2, 0.25) is 0 Å². The van der Waals surface area contributed by atoms with Crippen LogP contribution in [0.4, 0.5) is 0 Å². The molecule has 0 aliphatic carbocycles. The Labute approximate surface area is 150 Å². The Balaban J connectivity index is 0.00000161. The van der Waals surface area contributed by atoms with Crippen molar-refractivity contribution in [1.29, 1.82) is 0 Å². The quantitative estimate of drug-likeness (QED) is 0.526. The van der Waals surface area contributed by atoms with E-state index in [9.17, 15) is 0 Å². The van der Waals surface area contributed by atoms with Crippen LogP contribution >= 0.6 is 0 Å². The summed E-state index contributed by atoms with van der Waals surface area (Å²) >= 11 is 0. The van der Waals surface area contributed by atoms with Crippen LogP contribution in [0.25, 0.3) is 22.4 Å². The molecule has 0 fully saturated rings. The van der Waals surface area contributed by atoms with Crippen molar-refractivity contribution in [2.75, 3.05) is 0 Å². The fourth-order valence-corrected chi connectivity index (χ4v) is 2.32. The van der Waals surface area contributed by atoms with E-state index < -0.39 is 0 Å². The van der Waals surface area contributed by atoms with E-state index in [0.29, 0.717) is 0 Å². The first-order valence-electron chi connectivity index (χ1n) is 6.42. The van der Waals surface area contributed by atoms with Crippen LogP contribution in [0, 0.1) is 19.2 Å². The van der Waals surface area contributed by atoms with Gasteiger partial charge in [0.05, 0.1) is 0 Å². The predicted octanol–water partition coefficient (Wildman–Crippen LogP) is 2.54. The van der Waals surface area contributed by atoms with Gasteiger partial charge in [-0.15, -0.1) is 11.6 Å². The summed E-state index contributed by atoms with van der Waals surface area (Å²) in [4.78, 5) is 8.06. The van der Waals surface area contributed by atoms with E-state index in [-0.39, 0.29) is 32.7 Å². The van der Waals surface area contributed by atoms with Gasteiger partial charge in [-0.05, 0) is 6.07 Å². The summed E-state index contributed by atoms with van der Waals surface area (Å²) in [6.45, 7) is 2.10. The number of hydrogen-bond donors (Lipinski definition) is 0. The summed E-state index contributed by atoms with van der Waals surface area (Å²) < 4.78 is 2.10. The fourth-order valence-electron chi connectivity index (χ4n) is 2.32. The molecule has 0 atom stereocenters. The zero-order chi connectivity index (χ0) is 13.9. The number of aryl methyl sites for hydroxylation is 2. The van der Waals surface area contributed by atoms with Gasteiger partial charge in [0.1, 0.15) is 7.05 Å². The molecule has 3 rings (SSSR count). The van der Waals surface area contributed by atoms with Crippen molar-refractivity contribution < 1.29 is 37.3 Å². The second-order valence-corrected chi connectivity index (χ2v) is 4.66. The monoisotopic (exact) mass is 349 g/mol. The molecule has 101 valence electrons. The Morgan fingerprint density at radius 3 is 2.76 bits per heavy atom. The molecule has 2 aromatic heterocycles. The molecule has 0 N–H and O–H groups in total. The van der Waals surface area contributed by atoms with E-state index in [0.717, 1.165) is 22.4 Å². The fraction of sp³-hybridized carbons (Fsp3) is 0.118. The number of pyridine rings is 1. The number of aromatic nitrogens is 3. The molecule has 0 spiro atoms. The van der Waals surface area contributed by atoms with Gasteiger partial charge in [0.25, 0.3) is 0 Å². The second-order valence-electron chi connectivity index (χ2n) is 4.66. The largest absolute Gasteiger partial charge is 0.352 e. The molecule has 1 radical (unpaired) electrons. The third-order valence-electron chi connectivity index (χ3n) is 3.30. The first-order chi connectivity index (χ1) is 9.77. The number of hydrogen-bond acceptors (Lipinski definition) is 2. The van der Waals surface area contributed by atoms with Gasteiger partial charge >= 0.3 is 0 Å². The molecule has 0 saturated heterocycles. The Bertz CT molecular complexity index is 742. The summed E-state index contributed by atoms with van der Waals surface area (Å²) in [6.07, 6.45) is 8.28. The molecule has 0 aliphatic rings. The van der Waals surface area contributed by atoms with Crippen LogP contribution in [-0.4, -0.2) is 9.97 Å². The summed E-state index contributed by atoms with van der Waals surface area (Å²) in [5.41, 5.74) is 5.30. The van der Waals surface area contributed by atoms with E-state index in [4.69, 9.17) is 0 Å². The van der Waals surface area contributed by atoms with E-state index in [1.165, 1.54) is 11.9 Å². The Morgan fingerprint density at radius 1 is 1.19 bits per heavy atom. The third-order valence-corrected chi connectivity index (χ3v) is 3.30. The number of nitrogens with zero attached hydrogens (tertiary/aromatic N) is 3. The first kappa shape index (κ1) is 15.9. The smallest absolute Gasteiger partial charge is 0.168 e. The molecule has 1 aromatic carbocycles. The molecule has 21 heavy (non-hydrogen) atoms. The molecule has 0 aliphatic heterocycles. The normalized spacial score (nSPS) is 10.0. The van der Waals surface area contributed by atoms with Crippen molar-refractivity contribution in [3.05, 3.63) is 66.9 Å². The van der Waals surface area contributed by atoms with Crippen LogP contribution < -0.4 is 4.57 Å². The van der Waals surface area contributed by atoms with E-state index in [1.807, 2.05) is 31.4 Å². The van der Waals surface area contributed by atoms with Crippen LogP contribution in [-0.2, 0) is 39.8 Å². The minimum absolute atomic E-state index is 0. The molecule has 0 bridgehead atoms. The SMILES string of the molecule is Cc1cc[c-]c(-c2[c-]ncnc2)c1-c1cccc[n+]1C.[Y]. The average molecular weight is 349 g/mol. The van der Waals surface area contributed by atoms with Gasteiger partial charge in [-0.1, -0.05) is 30.9 Å². The van der Waals surface area contributed by atoms with Crippen molar-refractivity contribution in [3.63, 3.8) is 0 Å². The van der Waals surface area contributed by atoms with Crippen LogP contribution in [0.15, 0.2) is 49.1 Å².